The van der Waals surface area contributed by atoms with Crippen LogP contribution in [0.25, 0.3) is 0 Å². The number of hydrogen-bond acceptors (Lipinski definition) is 5. The summed E-state index contributed by atoms with van der Waals surface area (Å²) in [6.07, 6.45) is 3.45. The maximum atomic E-state index is 9.27. The fourth-order valence-electron chi connectivity index (χ4n) is 1.99. The first-order valence-electron chi connectivity index (χ1n) is 7.55. The van der Waals surface area contributed by atoms with E-state index < -0.39 is 0 Å². The van der Waals surface area contributed by atoms with Crippen LogP contribution >= 0.6 is 0 Å². The van der Waals surface area contributed by atoms with Crippen molar-refractivity contribution in [3.05, 3.63) is 0 Å². The maximum Gasteiger partial charge on any atom is 0.106 e. The van der Waals surface area contributed by atoms with Gasteiger partial charge < -0.3 is 14.2 Å². The summed E-state index contributed by atoms with van der Waals surface area (Å²) in [7, 11) is 1.66. The second kappa shape index (κ2) is 13.3. The van der Waals surface area contributed by atoms with Gasteiger partial charge in [0.05, 0.1) is 19.3 Å². The molecule has 0 rings (SSSR count). The normalized spacial score (nSPS) is 13.9. The Morgan fingerprint density at radius 2 is 1.65 bits per heavy atom. The minimum atomic E-state index is -0.388. The lowest BCUT2D eigenvalue weighted by Gasteiger charge is -2.25. The van der Waals surface area contributed by atoms with Gasteiger partial charge in [0.15, 0.2) is 0 Å². The Balaban J connectivity index is 3.49. The summed E-state index contributed by atoms with van der Waals surface area (Å²) in [5, 5.41) is 12.5. The zero-order valence-corrected chi connectivity index (χ0v) is 13.2. The first kappa shape index (κ1) is 19.3. The standard InChI is InChI=1S/C15H30N2O3/c1-4-15(14-16,17-5-2)8-6-9-19-10-7-11-20-13-12-18-3/h17H,4-13H2,1-3H3. The van der Waals surface area contributed by atoms with Gasteiger partial charge in [0.25, 0.3) is 0 Å². The van der Waals surface area contributed by atoms with E-state index in [2.05, 4.69) is 11.4 Å². The average molecular weight is 286 g/mol. The van der Waals surface area contributed by atoms with Crippen molar-refractivity contribution >= 4 is 0 Å². The van der Waals surface area contributed by atoms with Crippen LogP contribution in [0.3, 0.4) is 0 Å². The van der Waals surface area contributed by atoms with Gasteiger partial charge in [-0.15, -0.1) is 0 Å². The number of hydrogen-bond donors (Lipinski definition) is 1. The van der Waals surface area contributed by atoms with Crippen LogP contribution < -0.4 is 5.32 Å². The average Bonchev–Trinajstić information content (AvgIpc) is 2.48. The smallest absolute Gasteiger partial charge is 0.106 e. The molecule has 0 heterocycles. The highest BCUT2D eigenvalue weighted by molar-refractivity contribution is 5.05. The molecule has 0 aromatic heterocycles. The molecule has 0 saturated carbocycles. The molecular weight excluding hydrogens is 256 g/mol. The molecule has 20 heavy (non-hydrogen) atoms. The van der Waals surface area contributed by atoms with E-state index in [0.29, 0.717) is 33.0 Å². The Hall–Kier alpha value is -0.670. The molecule has 0 fully saturated rings. The van der Waals surface area contributed by atoms with Crippen molar-refractivity contribution in [1.82, 2.24) is 5.32 Å². The van der Waals surface area contributed by atoms with Gasteiger partial charge in [0.1, 0.15) is 5.54 Å². The molecule has 5 nitrogen and oxygen atoms in total. The summed E-state index contributed by atoms with van der Waals surface area (Å²) in [5.41, 5.74) is -0.388. The van der Waals surface area contributed by atoms with Crippen molar-refractivity contribution in [2.24, 2.45) is 0 Å². The Morgan fingerprint density at radius 3 is 2.20 bits per heavy atom. The van der Waals surface area contributed by atoms with Gasteiger partial charge in [-0.3, -0.25) is 5.32 Å². The first-order chi connectivity index (χ1) is 9.74. The summed E-state index contributed by atoms with van der Waals surface area (Å²) in [6.45, 7) is 8.29. The Labute approximate surface area is 123 Å². The van der Waals surface area contributed by atoms with E-state index in [1.165, 1.54) is 0 Å². The molecule has 1 N–H and O–H groups in total. The monoisotopic (exact) mass is 286 g/mol. The molecule has 0 saturated heterocycles. The summed E-state index contributed by atoms with van der Waals surface area (Å²) >= 11 is 0. The zero-order chi connectivity index (χ0) is 15.1. The second-order valence-corrected chi connectivity index (χ2v) is 4.75. The van der Waals surface area contributed by atoms with Gasteiger partial charge in [-0.05, 0) is 32.2 Å². The van der Waals surface area contributed by atoms with Crippen LogP contribution in [0.2, 0.25) is 0 Å². The molecule has 0 aliphatic rings. The predicted molar refractivity (Wildman–Crippen MR) is 79.7 cm³/mol. The molecule has 0 aliphatic carbocycles. The van der Waals surface area contributed by atoms with E-state index in [1.54, 1.807) is 7.11 Å². The van der Waals surface area contributed by atoms with E-state index in [-0.39, 0.29) is 5.54 Å². The van der Waals surface area contributed by atoms with Gasteiger partial charge in [-0.2, -0.15) is 5.26 Å². The van der Waals surface area contributed by atoms with Crippen LogP contribution in [0.5, 0.6) is 0 Å². The third kappa shape index (κ3) is 9.27. The number of nitrogens with one attached hydrogen (secondary N) is 1. The number of nitrogens with zero attached hydrogens (tertiary/aromatic N) is 1. The van der Waals surface area contributed by atoms with Crippen LogP contribution in [0.1, 0.15) is 39.5 Å². The first-order valence-corrected chi connectivity index (χ1v) is 7.55. The van der Waals surface area contributed by atoms with Crippen LogP contribution in [-0.2, 0) is 14.2 Å². The topological polar surface area (TPSA) is 63.5 Å². The Bertz CT molecular complexity index is 256. The number of methoxy groups -OCH3 is 1. The maximum absolute atomic E-state index is 9.27. The van der Waals surface area contributed by atoms with Gasteiger partial charge in [-0.1, -0.05) is 13.8 Å². The van der Waals surface area contributed by atoms with Crippen molar-refractivity contribution in [2.75, 3.05) is 46.7 Å². The highest BCUT2D eigenvalue weighted by Gasteiger charge is 2.25. The molecular formula is C15H30N2O3. The lowest BCUT2D eigenvalue weighted by molar-refractivity contribution is 0.0502. The van der Waals surface area contributed by atoms with Crippen molar-refractivity contribution in [3.63, 3.8) is 0 Å². The van der Waals surface area contributed by atoms with Crippen LogP contribution in [0, 0.1) is 11.3 Å². The zero-order valence-electron chi connectivity index (χ0n) is 13.2. The SMILES string of the molecule is CCNC(C#N)(CC)CCCOCCCOCCOC. The summed E-state index contributed by atoms with van der Waals surface area (Å²) in [5.74, 6) is 0. The molecule has 0 aromatic carbocycles. The van der Waals surface area contributed by atoms with Gasteiger partial charge in [0.2, 0.25) is 0 Å². The summed E-state index contributed by atoms with van der Waals surface area (Å²) in [6, 6.07) is 2.40. The molecule has 1 unspecified atom stereocenters. The molecule has 0 aliphatic heterocycles. The quantitative estimate of drug-likeness (QED) is 0.496. The minimum absolute atomic E-state index is 0.388. The van der Waals surface area contributed by atoms with Crippen LogP contribution in [0.4, 0.5) is 0 Å². The molecule has 1 atom stereocenters. The fourth-order valence-corrected chi connectivity index (χ4v) is 1.99. The highest BCUT2D eigenvalue weighted by atomic mass is 16.5. The largest absolute Gasteiger partial charge is 0.382 e. The molecule has 118 valence electrons. The van der Waals surface area contributed by atoms with E-state index in [1.807, 2.05) is 13.8 Å². The molecule has 0 amide bonds. The number of nitriles is 1. The lowest BCUT2D eigenvalue weighted by Crippen LogP contribution is -2.43. The van der Waals surface area contributed by atoms with E-state index in [0.717, 1.165) is 32.2 Å². The fraction of sp³-hybridized carbons (Fsp3) is 0.933. The minimum Gasteiger partial charge on any atom is -0.382 e. The third-order valence-electron chi connectivity index (χ3n) is 3.23. The number of ether oxygens (including phenoxy) is 3. The Morgan fingerprint density at radius 1 is 1.00 bits per heavy atom. The molecule has 0 bridgehead atoms. The van der Waals surface area contributed by atoms with Crippen molar-refractivity contribution in [1.29, 1.82) is 5.26 Å². The van der Waals surface area contributed by atoms with Crippen molar-refractivity contribution < 1.29 is 14.2 Å². The molecule has 5 heteroatoms. The van der Waals surface area contributed by atoms with E-state index in [9.17, 15) is 5.26 Å². The van der Waals surface area contributed by atoms with E-state index >= 15 is 0 Å². The van der Waals surface area contributed by atoms with Crippen molar-refractivity contribution in [2.45, 2.75) is 45.1 Å². The molecule has 0 radical (unpaired) electrons. The van der Waals surface area contributed by atoms with Crippen LogP contribution in [0.15, 0.2) is 0 Å². The second-order valence-electron chi connectivity index (χ2n) is 4.75. The van der Waals surface area contributed by atoms with Gasteiger partial charge in [0, 0.05) is 26.9 Å². The van der Waals surface area contributed by atoms with Gasteiger partial charge in [-0.25, -0.2) is 0 Å². The highest BCUT2D eigenvalue weighted by Crippen LogP contribution is 2.16. The van der Waals surface area contributed by atoms with Crippen LogP contribution in [-0.4, -0.2) is 52.2 Å². The third-order valence-corrected chi connectivity index (χ3v) is 3.23. The summed E-state index contributed by atoms with van der Waals surface area (Å²) in [4.78, 5) is 0. The lowest BCUT2D eigenvalue weighted by atomic mass is 9.92. The van der Waals surface area contributed by atoms with E-state index in [4.69, 9.17) is 14.2 Å². The van der Waals surface area contributed by atoms with Crippen molar-refractivity contribution in [3.8, 4) is 6.07 Å². The van der Waals surface area contributed by atoms with Gasteiger partial charge >= 0.3 is 0 Å². The number of rotatable bonds is 14. The predicted octanol–water partition coefficient (Wildman–Crippen LogP) is 2.12. The molecule has 0 spiro atoms. The molecule has 0 aromatic rings. The summed E-state index contributed by atoms with van der Waals surface area (Å²) < 4.78 is 15.8. The Kier molecular flexibility index (Phi) is 12.9.